The van der Waals surface area contributed by atoms with Crippen molar-refractivity contribution in [2.75, 3.05) is 37.7 Å². The van der Waals surface area contributed by atoms with Crippen LogP contribution in [0.2, 0.25) is 0 Å². The van der Waals surface area contributed by atoms with E-state index in [9.17, 15) is 17.6 Å². The molecule has 1 N–H and O–H groups in total. The van der Waals surface area contributed by atoms with Gasteiger partial charge in [-0.3, -0.25) is 14.0 Å². The summed E-state index contributed by atoms with van der Waals surface area (Å²) in [7, 11) is -1.75. The molecule has 0 saturated heterocycles. The quantitative estimate of drug-likeness (QED) is 0.376. The van der Waals surface area contributed by atoms with E-state index in [2.05, 4.69) is 0 Å². The van der Waals surface area contributed by atoms with Crippen molar-refractivity contribution in [1.82, 2.24) is 10.2 Å². The Labute approximate surface area is 224 Å². The number of nitrogens with one attached hydrogen (secondary N) is 1. The van der Waals surface area contributed by atoms with E-state index in [4.69, 9.17) is 13.3 Å². The van der Waals surface area contributed by atoms with Crippen molar-refractivity contribution in [3.05, 3.63) is 77.6 Å². The number of furan rings is 1. The molecule has 0 bridgehead atoms. The molecule has 0 spiro atoms. The number of ether oxygens (including phenoxy) is 1. The monoisotopic (exact) mass is 540 g/mol. The fourth-order valence-corrected chi connectivity index (χ4v) is 5.58. The summed E-state index contributed by atoms with van der Waals surface area (Å²) in [5.41, 5.74) is 1.79. The van der Waals surface area contributed by atoms with Crippen LogP contribution in [-0.4, -0.2) is 52.6 Å². The SMILES string of the molecule is [2H]C([2H])([2H])NC(=O)c1c(-c2ccc(Oc3ccc(F)cc3)cc2)oc2cc3c(cc12)C(C)N(C)CCN3S(C)(=O)=O. The summed E-state index contributed by atoms with van der Waals surface area (Å²) in [6.07, 6.45) is 1.13. The first-order chi connectivity index (χ1) is 19.2. The van der Waals surface area contributed by atoms with Crippen molar-refractivity contribution in [3.8, 4) is 22.8 Å². The Morgan fingerprint density at radius 3 is 2.39 bits per heavy atom. The maximum absolute atomic E-state index is 13.4. The summed E-state index contributed by atoms with van der Waals surface area (Å²) < 4.78 is 74.6. The van der Waals surface area contributed by atoms with Gasteiger partial charge in [0.05, 0.1) is 17.5 Å². The molecule has 0 fully saturated rings. The molecule has 0 radical (unpaired) electrons. The molecule has 1 atom stereocenters. The number of fused-ring (bicyclic) bond motifs is 2. The number of benzene rings is 3. The first-order valence-corrected chi connectivity index (χ1v) is 13.7. The molecule has 1 amide bonds. The Bertz CT molecular complexity index is 1720. The third-order valence-corrected chi connectivity index (χ3v) is 7.96. The average Bonchev–Trinajstić information content (AvgIpc) is 3.20. The molecule has 38 heavy (non-hydrogen) atoms. The number of sulfonamides is 1. The molecular weight excluding hydrogens is 509 g/mol. The predicted octanol–water partition coefficient (Wildman–Crippen LogP) is 5.16. The number of rotatable bonds is 5. The van der Waals surface area contributed by atoms with Crippen LogP contribution < -0.4 is 14.4 Å². The molecule has 0 aliphatic carbocycles. The van der Waals surface area contributed by atoms with Gasteiger partial charge in [-0.2, -0.15) is 0 Å². The second kappa shape index (κ2) is 9.77. The van der Waals surface area contributed by atoms with Crippen molar-refractivity contribution < 1.29 is 30.9 Å². The first-order valence-electron chi connectivity index (χ1n) is 13.4. The van der Waals surface area contributed by atoms with Gasteiger partial charge in [0.2, 0.25) is 10.0 Å². The van der Waals surface area contributed by atoms with Gasteiger partial charge >= 0.3 is 0 Å². The number of hydrogen-bond acceptors (Lipinski definition) is 6. The van der Waals surface area contributed by atoms with Gasteiger partial charge in [-0.1, -0.05) is 0 Å². The van der Waals surface area contributed by atoms with E-state index in [1.807, 2.05) is 24.2 Å². The smallest absolute Gasteiger partial charge is 0.255 e. The molecule has 8 nitrogen and oxygen atoms in total. The number of anilines is 1. The highest BCUT2D eigenvalue weighted by atomic mass is 32.2. The lowest BCUT2D eigenvalue weighted by Crippen LogP contribution is -2.34. The summed E-state index contributed by atoms with van der Waals surface area (Å²) in [6, 6.07) is 15.2. The summed E-state index contributed by atoms with van der Waals surface area (Å²) in [4.78, 5) is 15.4. The van der Waals surface area contributed by atoms with Crippen molar-refractivity contribution in [3.63, 3.8) is 0 Å². The number of likely N-dealkylation sites (N-methyl/N-ethyl adjacent to an activating group) is 1. The number of hydrogen-bond donors (Lipinski definition) is 1. The van der Waals surface area contributed by atoms with Crippen molar-refractivity contribution >= 4 is 32.6 Å². The van der Waals surface area contributed by atoms with Crippen LogP contribution in [0.3, 0.4) is 0 Å². The van der Waals surface area contributed by atoms with E-state index in [0.717, 1.165) is 6.26 Å². The van der Waals surface area contributed by atoms with Gasteiger partial charge in [0.15, 0.2) is 0 Å². The maximum Gasteiger partial charge on any atom is 0.255 e. The van der Waals surface area contributed by atoms with Crippen LogP contribution in [-0.2, 0) is 10.0 Å². The molecule has 1 aliphatic rings. The highest BCUT2D eigenvalue weighted by Gasteiger charge is 2.31. The Morgan fingerprint density at radius 2 is 1.76 bits per heavy atom. The van der Waals surface area contributed by atoms with Gasteiger partial charge in [0, 0.05) is 47.2 Å². The van der Waals surface area contributed by atoms with Gasteiger partial charge < -0.3 is 14.5 Å². The lowest BCUT2D eigenvalue weighted by molar-refractivity contribution is 0.0964. The Morgan fingerprint density at radius 1 is 1.11 bits per heavy atom. The Hall–Kier alpha value is -3.89. The summed E-state index contributed by atoms with van der Waals surface area (Å²) in [5.74, 6) is -0.269. The van der Waals surface area contributed by atoms with E-state index in [0.29, 0.717) is 40.2 Å². The fourth-order valence-electron chi connectivity index (χ4n) is 4.65. The summed E-state index contributed by atoms with van der Waals surface area (Å²) >= 11 is 0. The summed E-state index contributed by atoms with van der Waals surface area (Å²) in [5, 5.41) is 2.40. The number of carbonyl (C=O) groups is 1. The molecule has 0 saturated carbocycles. The Balaban J connectivity index is 1.65. The van der Waals surface area contributed by atoms with Crippen molar-refractivity contribution in [2.45, 2.75) is 13.0 Å². The predicted molar refractivity (Wildman–Crippen MR) is 145 cm³/mol. The maximum atomic E-state index is 13.4. The van der Waals surface area contributed by atoms with Crippen LogP contribution in [0.15, 0.2) is 65.1 Å². The van der Waals surface area contributed by atoms with Crippen LogP contribution in [0, 0.1) is 5.82 Å². The zero-order valence-electron chi connectivity index (χ0n) is 24.0. The molecule has 2 heterocycles. The van der Waals surface area contributed by atoms with Crippen LogP contribution >= 0.6 is 0 Å². The van der Waals surface area contributed by atoms with E-state index < -0.39 is 28.7 Å². The van der Waals surface area contributed by atoms with E-state index in [-0.39, 0.29) is 29.5 Å². The minimum absolute atomic E-state index is 0.0103. The Kier molecular flexibility index (Phi) is 5.69. The molecule has 1 unspecified atom stereocenters. The third-order valence-electron chi connectivity index (χ3n) is 6.78. The zero-order chi connectivity index (χ0) is 29.7. The standard InChI is InChI=1S/C28H28FN3O5S/c1-17-22-15-23-25(16-24(22)32(38(4,34)35)14-13-31(17)3)37-27(26(23)28(33)30-2)18-5-9-20(10-6-18)36-21-11-7-19(29)8-12-21/h5-12,15-17H,13-14H2,1-4H3,(H,30,33)/i2D3. The minimum Gasteiger partial charge on any atom is -0.457 e. The van der Waals surface area contributed by atoms with Gasteiger partial charge in [-0.25, -0.2) is 12.8 Å². The second-order valence-corrected chi connectivity index (χ2v) is 11.1. The van der Waals surface area contributed by atoms with Gasteiger partial charge in [0.25, 0.3) is 5.91 Å². The van der Waals surface area contributed by atoms with Crippen LogP contribution in [0.5, 0.6) is 11.5 Å². The van der Waals surface area contributed by atoms with E-state index in [1.165, 1.54) is 28.6 Å². The number of carbonyl (C=O) groups excluding carboxylic acids is 1. The lowest BCUT2D eigenvalue weighted by atomic mass is 9.99. The molecule has 198 valence electrons. The number of amides is 1. The number of nitrogens with zero attached hydrogens (tertiary/aromatic N) is 2. The topological polar surface area (TPSA) is 92.1 Å². The molecule has 1 aliphatic heterocycles. The first kappa shape index (κ1) is 22.1. The van der Waals surface area contributed by atoms with Gasteiger partial charge in [0.1, 0.15) is 28.7 Å². The third kappa shape index (κ3) is 4.72. The highest BCUT2D eigenvalue weighted by molar-refractivity contribution is 7.92. The van der Waals surface area contributed by atoms with Crippen LogP contribution in [0.1, 0.15) is 33.0 Å². The highest BCUT2D eigenvalue weighted by Crippen LogP contribution is 2.42. The summed E-state index contributed by atoms with van der Waals surface area (Å²) in [6.45, 7) is -0.113. The fraction of sp³-hybridized carbons (Fsp3) is 0.250. The van der Waals surface area contributed by atoms with Crippen molar-refractivity contribution in [1.29, 1.82) is 0 Å². The minimum atomic E-state index is -3.63. The molecule has 10 heteroatoms. The second-order valence-electron chi connectivity index (χ2n) is 9.24. The lowest BCUT2D eigenvalue weighted by Gasteiger charge is -2.23. The van der Waals surface area contributed by atoms with Crippen LogP contribution in [0.25, 0.3) is 22.3 Å². The van der Waals surface area contributed by atoms with Crippen molar-refractivity contribution in [2.24, 2.45) is 0 Å². The van der Waals surface area contributed by atoms with Gasteiger partial charge in [-0.05, 0) is 74.1 Å². The number of halogens is 1. The molecule has 3 aromatic carbocycles. The molecular formula is C28H28FN3O5S. The van der Waals surface area contributed by atoms with Crippen LogP contribution in [0.4, 0.5) is 10.1 Å². The molecule has 4 aromatic rings. The zero-order valence-corrected chi connectivity index (χ0v) is 21.8. The largest absolute Gasteiger partial charge is 0.457 e. The van der Waals surface area contributed by atoms with E-state index in [1.54, 1.807) is 36.4 Å². The molecule has 5 rings (SSSR count). The average molecular weight is 541 g/mol. The normalized spacial score (nSPS) is 17.7. The molecule has 1 aromatic heterocycles. The van der Waals surface area contributed by atoms with Gasteiger partial charge in [-0.15, -0.1) is 0 Å². The van der Waals surface area contributed by atoms with E-state index >= 15 is 0 Å².